The minimum Gasteiger partial charge on any atom is -0.395 e. The summed E-state index contributed by atoms with van der Waals surface area (Å²) in [5.41, 5.74) is 0. The molecule has 0 saturated carbocycles. The van der Waals surface area contributed by atoms with Crippen LogP contribution in [-0.4, -0.2) is 60.8 Å². The molecular weight excluding hydrogens is 290 g/mol. The Labute approximate surface area is 127 Å². The standard InChI is InChI=1S/C12H19N7OS/c1-8(9(6-20)21-3)15-11-16-10(13-2)17-12(18-11)19-5-4-14-7-19/h4-5,7-9,20H,6H2,1-3H3,(H2,13,15,16,17,18). The van der Waals surface area contributed by atoms with E-state index in [2.05, 4.69) is 30.6 Å². The van der Waals surface area contributed by atoms with Gasteiger partial charge in [0.05, 0.1) is 6.61 Å². The molecule has 2 atom stereocenters. The topological polar surface area (TPSA) is 101 Å². The summed E-state index contributed by atoms with van der Waals surface area (Å²) in [5, 5.41) is 15.5. The molecule has 9 heteroatoms. The molecule has 2 aromatic heterocycles. The van der Waals surface area contributed by atoms with Crippen molar-refractivity contribution in [2.75, 3.05) is 30.5 Å². The smallest absolute Gasteiger partial charge is 0.241 e. The molecule has 3 N–H and O–H groups in total. The number of thioether (sulfide) groups is 1. The van der Waals surface area contributed by atoms with Gasteiger partial charge >= 0.3 is 0 Å². The van der Waals surface area contributed by atoms with Crippen LogP contribution in [-0.2, 0) is 0 Å². The van der Waals surface area contributed by atoms with Crippen LogP contribution in [0.4, 0.5) is 11.9 Å². The molecule has 2 unspecified atom stereocenters. The number of aliphatic hydroxyl groups is 1. The number of hydrogen-bond acceptors (Lipinski definition) is 8. The van der Waals surface area contributed by atoms with Gasteiger partial charge in [-0.3, -0.25) is 4.57 Å². The van der Waals surface area contributed by atoms with E-state index in [9.17, 15) is 5.11 Å². The number of nitrogens with zero attached hydrogens (tertiary/aromatic N) is 5. The number of rotatable bonds is 7. The van der Waals surface area contributed by atoms with Crippen LogP contribution >= 0.6 is 11.8 Å². The maximum atomic E-state index is 9.34. The van der Waals surface area contributed by atoms with E-state index in [1.807, 2.05) is 13.2 Å². The minimum absolute atomic E-state index is 0.0211. The summed E-state index contributed by atoms with van der Waals surface area (Å²) in [7, 11) is 1.75. The molecule has 2 rings (SSSR count). The van der Waals surface area contributed by atoms with E-state index >= 15 is 0 Å². The van der Waals surface area contributed by atoms with E-state index in [1.165, 1.54) is 0 Å². The van der Waals surface area contributed by atoms with Gasteiger partial charge < -0.3 is 15.7 Å². The molecule has 0 radical (unpaired) electrons. The third-order valence-electron chi connectivity index (χ3n) is 2.98. The molecule has 0 saturated heterocycles. The first-order valence-corrected chi connectivity index (χ1v) is 7.79. The van der Waals surface area contributed by atoms with Crippen molar-refractivity contribution in [3.63, 3.8) is 0 Å². The van der Waals surface area contributed by atoms with Gasteiger partial charge in [0.15, 0.2) is 0 Å². The first-order chi connectivity index (χ1) is 10.2. The molecule has 0 amide bonds. The second kappa shape index (κ2) is 7.23. The van der Waals surface area contributed by atoms with Gasteiger partial charge in [-0.1, -0.05) is 0 Å². The summed E-state index contributed by atoms with van der Waals surface area (Å²) < 4.78 is 1.70. The Kier molecular flexibility index (Phi) is 5.34. The molecule has 0 fully saturated rings. The number of nitrogens with one attached hydrogen (secondary N) is 2. The van der Waals surface area contributed by atoms with E-state index in [1.54, 1.807) is 42.1 Å². The Morgan fingerprint density at radius 2 is 2.10 bits per heavy atom. The monoisotopic (exact) mass is 309 g/mol. The molecule has 2 aromatic rings. The van der Waals surface area contributed by atoms with Gasteiger partial charge in [0, 0.05) is 30.7 Å². The molecule has 0 aliphatic carbocycles. The Hall–Kier alpha value is -1.87. The van der Waals surface area contributed by atoms with Crippen molar-refractivity contribution in [3.05, 3.63) is 18.7 Å². The van der Waals surface area contributed by atoms with Crippen LogP contribution in [0.5, 0.6) is 0 Å². The summed E-state index contributed by atoms with van der Waals surface area (Å²) in [6, 6.07) is 0.0211. The highest BCUT2D eigenvalue weighted by molar-refractivity contribution is 7.99. The van der Waals surface area contributed by atoms with Gasteiger partial charge in [0.2, 0.25) is 17.8 Å². The van der Waals surface area contributed by atoms with Crippen molar-refractivity contribution < 1.29 is 5.11 Å². The number of aromatic nitrogens is 5. The van der Waals surface area contributed by atoms with Crippen molar-refractivity contribution >= 4 is 23.7 Å². The van der Waals surface area contributed by atoms with Gasteiger partial charge in [0.25, 0.3) is 0 Å². The minimum atomic E-state index is 0.0211. The lowest BCUT2D eigenvalue weighted by Crippen LogP contribution is -2.32. The summed E-state index contributed by atoms with van der Waals surface area (Å²) in [4.78, 5) is 16.9. The number of anilines is 2. The van der Waals surface area contributed by atoms with E-state index in [0.717, 1.165) is 0 Å². The Balaban J connectivity index is 2.25. The van der Waals surface area contributed by atoms with E-state index in [0.29, 0.717) is 17.8 Å². The summed E-state index contributed by atoms with van der Waals surface area (Å²) in [6.45, 7) is 2.07. The molecule has 114 valence electrons. The van der Waals surface area contributed by atoms with Gasteiger partial charge in [-0.05, 0) is 13.2 Å². The number of hydrogen-bond donors (Lipinski definition) is 3. The highest BCUT2D eigenvalue weighted by Crippen LogP contribution is 2.15. The average Bonchev–Trinajstić information content (AvgIpc) is 3.02. The lowest BCUT2D eigenvalue weighted by atomic mass is 10.2. The van der Waals surface area contributed by atoms with Crippen molar-refractivity contribution in [2.45, 2.75) is 18.2 Å². The van der Waals surface area contributed by atoms with Crippen LogP contribution in [0.3, 0.4) is 0 Å². The molecule has 8 nitrogen and oxygen atoms in total. The zero-order valence-corrected chi connectivity index (χ0v) is 13.0. The first kappa shape index (κ1) is 15.5. The van der Waals surface area contributed by atoms with Crippen molar-refractivity contribution in [2.24, 2.45) is 0 Å². The van der Waals surface area contributed by atoms with Crippen LogP contribution in [0.25, 0.3) is 5.95 Å². The normalized spacial score (nSPS) is 13.7. The molecule has 0 bridgehead atoms. The van der Waals surface area contributed by atoms with Gasteiger partial charge in [-0.2, -0.15) is 26.7 Å². The maximum absolute atomic E-state index is 9.34. The fourth-order valence-electron chi connectivity index (χ4n) is 1.77. The predicted molar refractivity (Wildman–Crippen MR) is 84.0 cm³/mol. The molecule has 0 spiro atoms. The van der Waals surface area contributed by atoms with Crippen LogP contribution in [0, 0.1) is 0 Å². The SMILES string of the molecule is CNc1nc(NC(C)C(CO)SC)nc(-n2ccnc2)n1. The summed E-state index contributed by atoms with van der Waals surface area (Å²) in [5.74, 6) is 1.40. The van der Waals surface area contributed by atoms with E-state index < -0.39 is 0 Å². The van der Waals surface area contributed by atoms with Crippen molar-refractivity contribution in [1.82, 2.24) is 24.5 Å². The summed E-state index contributed by atoms with van der Waals surface area (Å²) in [6.07, 6.45) is 7.01. The third kappa shape index (κ3) is 3.82. The average molecular weight is 309 g/mol. The van der Waals surface area contributed by atoms with Gasteiger partial charge in [-0.15, -0.1) is 0 Å². The highest BCUT2D eigenvalue weighted by Gasteiger charge is 2.17. The van der Waals surface area contributed by atoms with Crippen LogP contribution in [0.2, 0.25) is 0 Å². The number of aliphatic hydroxyl groups excluding tert-OH is 1. The zero-order chi connectivity index (χ0) is 15.2. The Morgan fingerprint density at radius 3 is 2.67 bits per heavy atom. The summed E-state index contributed by atoms with van der Waals surface area (Å²) >= 11 is 1.59. The first-order valence-electron chi connectivity index (χ1n) is 6.50. The zero-order valence-electron chi connectivity index (χ0n) is 12.2. The lowest BCUT2D eigenvalue weighted by molar-refractivity contribution is 0.288. The predicted octanol–water partition coefficient (Wildman–Crippen LogP) is 0.623. The Bertz CT molecular complexity index is 559. The molecule has 0 aliphatic heterocycles. The second-order valence-electron chi connectivity index (χ2n) is 4.39. The van der Waals surface area contributed by atoms with Crippen LogP contribution < -0.4 is 10.6 Å². The fraction of sp³-hybridized carbons (Fsp3) is 0.500. The quantitative estimate of drug-likeness (QED) is 0.684. The fourth-order valence-corrected chi connectivity index (χ4v) is 2.39. The highest BCUT2D eigenvalue weighted by atomic mass is 32.2. The maximum Gasteiger partial charge on any atom is 0.241 e. The number of imidazole rings is 1. The molecule has 0 aliphatic rings. The largest absolute Gasteiger partial charge is 0.395 e. The van der Waals surface area contributed by atoms with Gasteiger partial charge in [0.1, 0.15) is 6.33 Å². The van der Waals surface area contributed by atoms with E-state index in [-0.39, 0.29) is 17.9 Å². The van der Waals surface area contributed by atoms with E-state index in [4.69, 9.17) is 0 Å². The van der Waals surface area contributed by atoms with Gasteiger partial charge in [-0.25, -0.2) is 4.98 Å². The molecular formula is C12H19N7OS. The molecule has 2 heterocycles. The third-order valence-corrected chi connectivity index (χ3v) is 4.14. The van der Waals surface area contributed by atoms with Crippen LogP contribution in [0.1, 0.15) is 6.92 Å². The second-order valence-corrected chi connectivity index (χ2v) is 5.47. The Morgan fingerprint density at radius 1 is 1.33 bits per heavy atom. The van der Waals surface area contributed by atoms with Crippen molar-refractivity contribution in [1.29, 1.82) is 0 Å². The molecule has 0 aromatic carbocycles. The van der Waals surface area contributed by atoms with Crippen molar-refractivity contribution in [3.8, 4) is 5.95 Å². The molecule has 21 heavy (non-hydrogen) atoms. The lowest BCUT2D eigenvalue weighted by Gasteiger charge is -2.21. The van der Waals surface area contributed by atoms with Crippen LogP contribution in [0.15, 0.2) is 18.7 Å².